The summed E-state index contributed by atoms with van der Waals surface area (Å²) in [6.45, 7) is 0. The van der Waals surface area contributed by atoms with Gasteiger partial charge < -0.3 is 0 Å². The van der Waals surface area contributed by atoms with Crippen LogP contribution in [0, 0.1) is 11.3 Å². The molecule has 1 heterocycles. The van der Waals surface area contributed by atoms with Crippen LogP contribution in [0.3, 0.4) is 0 Å². The maximum absolute atomic E-state index is 12.6. The third kappa shape index (κ3) is 2.50. The van der Waals surface area contributed by atoms with Crippen molar-refractivity contribution in [2.75, 3.05) is 4.72 Å². The van der Waals surface area contributed by atoms with Gasteiger partial charge in [0.05, 0.1) is 10.5 Å². The molecule has 0 atom stereocenters. The molecule has 5 nitrogen and oxygen atoms in total. The topological polar surface area (TPSA) is 82.8 Å². The number of hydrogen-bond acceptors (Lipinski definition) is 4. The van der Waals surface area contributed by atoms with E-state index in [4.69, 9.17) is 5.26 Å². The number of rotatable bonds is 3. The zero-order valence-electron chi connectivity index (χ0n) is 11.4. The number of nitriles is 1. The molecule has 0 amide bonds. The molecule has 1 aromatic heterocycles. The summed E-state index contributed by atoms with van der Waals surface area (Å²) in [5, 5.41) is 10.5. The molecule has 6 heteroatoms. The van der Waals surface area contributed by atoms with E-state index in [1.165, 1.54) is 18.3 Å². The molecule has 0 aliphatic carbocycles. The van der Waals surface area contributed by atoms with Crippen LogP contribution < -0.4 is 4.72 Å². The summed E-state index contributed by atoms with van der Waals surface area (Å²) >= 11 is 0. The van der Waals surface area contributed by atoms with Crippen molar-refractivity contribution in [2.45, 2.75) is 4.90 Å². The normalized spacial score (nSPS) is 11.0. The van der Waals surface area contributed by atoms with E-state index >= 15 is 0 Å². The Hall–Kier alpha value is -2.91. The van der Waals surface area contributed by atoms with Gasteiger partial charge in [0, 0.05) is 11.6 Å². The molecule has 108 valence electrons. The van der Waals surface area contributed by atoms with Gasteiger partial charge in [-0.1, -0.05) is 36.4 Å². The Morgan fingerprint density at radius 3 is 2.59 bits per heavy atom. The maximum atomic E-state index is 12.6. The molecule has 1 N–H and O–H groups in total. The molecule has 0 saturated carbocycles. The Morgan fingerprint density at radius 1 is 1.00 bits per heavy atom. The van der Waals surface area contributed by atoms with E-state index in [-0.39, 0.29) is 16.3 Å². The van der Waals surface area contributed by atoms with Crippen molar-refractivity contribution >= 4 is 26.6 Å². The van der Waals surface area contributed by atoms with Crippen LogP contribution in [-0.4, -0.2) is 13.4 Å². The monoisotopic (exact) mass is 309 g/mol. The van der Waals surface area contributed by atoms with E-state index in [9.17, 15) is 8.42 Å². The van der Waals surface area contributed by atoms with Crippen LogP contribution in [0.4, 0.5) is 5.82 Å². The minimum Gasteiger partial charge on any atom is -0.262 e. The number of pyridine rings is 1. The molecule has 0 radical (unpaired) electrons. The number of nitrogens with zero attached hydrogens (tertiary/aromatic N) is 2. The summed E-state index contributed by atoms with van der Waals surface area (Å²) < 4.78 is 27.6. The van der Waals surface area contributed by atoms with E-state index in [1.54, 1.807) is 24.3 Å². The summed E-state index contributed by atoms with van der Waals surface area (Å²) in [4.78, 5) is 4.08. The molecule has 0 aliphatic rings. The first-order chi connectivity index (χ1) is 10.6. The van der Waals surface area contributed by atoms with E-state index in [0.717, 1.165) is 5.39 Å². The fourth-order valence-corrected chi connectivity index (χ4v) is 3.45. The Labute approximate surface area is 127 Å². The van der Waals surface area contributed by atoms with Crippen LogP contribution in [0.25, 0.3) is 10.8 Å². The lowest BCUT2D eigenvalue weighted by molar-refractivity contribution is 0.602. The number of fused-ring (bicyclic) bond motifs is 1. The summed E-state index contributed by atoms with van der Waals surface area (Å²) in [6.07, 6.45) is 1.43. The van der Waals surface area contributed by atoms with Gasteiger partial charge in [0.1, 0.15) is 6.07 Å². The predicted molar refractivity (Wildman–Crippen MR) is 83.7 cm³/mol. The van der Waals surface area contributed by atoms with E-state index in [1.807, 2.05) is 24.3 Å². The van der Waals surface area contributed by atoms with Crippen molar-refractivity contribution in [1.29, 1.82) is 5.26 Å². The standard InChI is InChI=1S/C16H11N3O2S/c17-11-13-7-4-10-18-16(13)19-22(20,21)15-9-3-6-12-5-1-2-8-14(12)15/h1-10H,(H,18,19). The largest absolute Gasteiger partial charge is 0.263 e. The third-order valence-electron chi connectivity index (χ3n) is 3.20. The van der Waals surface area contributed by atoms with Gasteiger partial charge in [-0.05, 0) is 23.6 Å². The number of anilines is 1. The molecule has 3 aromatic rings. The van der Waals surface area contributed by atoms with Crippen molar-refractivity contribution in [1.82, 2.24) is 4.98 Å². The molecule has 0 saturated heterocycles. The maximum Gasteiger partial charge on any atom is 0.263 e. The molecule has 0 spiro atoms. The summed E-state index contributed by atoms with van der Waals surface area (Å²) in [7, 11) is -3.84. The van der Waals surface area contributed by atoms with Crippen LogP contribution in [0.5, 0.6) is 0 Å². The second kappa shape index (κ2) is 5.47. The first kappa shape index (κ1) is 14.0. The number of benzene rings is 2. The van der Waals surface area contributed by atoms with Gasteiger partial charge in [-0.15, -0.1) is 0 Å². The van der Waals surface area contributed by atoms with Crippen LogP contribution in [0.15, 0.2) is 65.7 Å². The highest BCUT2D eigenvalue weighted by Gasteiger charge is 2.19. The second-order valence-corrected chi connectivity index (χ2v) is 6.24. The van der Waals surface area contributed by atoms with Crippen LogP contribution in [0.2, 0.25) is 0 Å². The van der Waals surface area contributed by atoms with Gasteiger partial charge >= 0.3 is 0 Å². The Kier molecular flexibility index (Phi) is 3.49. The molecule has 2 aromatic carbocycles. The highest BCUT2D eigenvalue weighted by atomic mass is 32.2. The minimum atomic E-state index is -3.84. The predicted octanol–water partition coefficient (Wildman–Crippen LogP) is 2.91. The Balaban J connectivity index is 2.12. The Bertz CT molecular complexity index is 986. The second-order valence-electron chi connectivity index (χ2n) is 4.59. The van der Waals surface area contributed by atoms with Gasteiger partial charge in [0.2, 0.25) is 0 Å². The molecule has 22 heavy (non-hydrogen) atoms. The van der Waals surface area contributed by atoms with Gasteiger partial charge in [-0.25, -0.2) is 13.4 Å². The first-order valence-electron chi connectivity index (χ1n) is 6.47. The lowest BCUT2D eigenvalue weighted by Gasteiger charge is -2.10. The van der Waals surface area contributed by atoms with Gasteiger partial charge in [0.15, 0.2) is 5.82 Å². The molecule has 0 unspecified atom stereocenters. The third-order valence-corrected chi connectivity index (χ3v) is 4.60. The molecule has 3 rings (SSSR count). The number of hydrogen-bond donors (Lipinski definition) is 1. The van der Waals surface area contributed by atoms with Crippen LogP contribution >= 0.6 is 0 Å². The number of sulfonamides is 1. The average Bonchev–Trinajstić information content (AvgIpc) is 2.54. The van der Waals surface area contributed by atoms with Gasteiger partial charge in [-0.3, -0.25) is 4.72 Å². The fraction of sp³-hybridized carbons (Fsp3) is 0. The van der Waals surface area contributed by atoms with Crippen molar-refractivity contribution in [2.24, 2.45) is 0 Å². The SMILES string of the molecule is N#Cc1cccnc1NS(=O)(=O)c1cccc2ccccc12. The number of nitrogens with one attached hydrogen (secondary N) is 1. The molecule has 0 fully saturated rings. The lowest BCUT2D eigenvalue weighted by atomic mass is 10.1. The van der Waals surface area contributed by atoms with E-state index in [2.05, 4.69) is 9.71 Å². The summed E-state index contributed by atoms with van der Waals surface area (Å²) in [5.41, 5.74) is 0.173. The highest BCUT2D eigenvalue weighted by molar-refractivity contribution is 7.93. The molecular weight excluding hydrogens is 298 g/mol. The van der Waals surface area contributed by atoms with Crippen LogP contribution in [0.1, 0.15) is 5.56 Å². The molecular formula is C16H11N3O2S. The van der Waals surface area contributed by atoms with Crippen molar-refractivity contribution in [3.05, 3.63) is 66.4 Å². The van der Waals surface area contributed by atoms with E-state index < -0.39 is 10.0 Å². The van der Waals surface area contributed by atoms with Crippen molar-refractivity contribution < 1.29 is 8.42 Å². The average molecular weight is 309 g/mol. The van der Waals surface area contributed by atoms with Gasteiger partial charge in [-0.2, -0.15) is 5.26 Å². The van der Waals surface area contributed by atoms with E-state index in [0.29, 0.717) is 5.39 Å². The zero-order valence-corrected chi connectivity index (χ0v) is 12.2. The minimum absolute atomic E-state index is 0.0259. The van der Waals surface area contributed by atoms with Crippen LogP contribution in [-0.2, 0) is 10.0 Å². The Morgan fingerprint density at radius 2 is 1.77 bits per heavy atom. The summed E-state index contributed by atoms with van der Waals surface area (Å²) in [6, 6.07) is 17.3. The molecule has 0 aliphatic heterocycles. The van der Waals surface area contributed by atoms with Crippen molar-refractivity contribution in [3.63, 3.8) is 0 Å². The van der Waals surface area contributed by atoms with Crippen molar-refractivity contribution in [3.8, 4) is 6.07 Å². The smallest absolute Gasteiger partial charge is 0.262 e. The lowest BCUT2D eigenvalue weighted by Crippen LogP contribution is -2.15. The van der Waals surface area contributed by atoms with Gasteiger partial charge in [0.25, 0.3) is 10.0 Å². The number of aromatic nitrogens is 1. The zero-order chi connectivity index (χ0) is 15.6. The fourth-order valence-electron chi connectivity index (χ4n) is 2.19. The summed E-state index contributed by atoms with van der Waals surface area (Å²) in [5.74, 6) is 0.0259. The quantitative estimate of drug-likeness (QED) is 0.806. The highest BCUT2D eigenvalue weighted by Crippen LogP contribution is 2.25. The molecule has 0 bridgehead atoms. The first-order valence-corrected chi connectivity index (χ1v) is 7.96.